The summed E-state index contributed by atoms with van der Waals surface area (Å²) in [5.74, 6) is 1.68. The highest BCUT2D eigenvalue weighted by molar-refractivity contribution is 5.23. The number of hydrogen-bond donors (Lipinski definition) is 1. The molecule has 4 atom stereocenters. The molecule has 2 N–H and O–H groups in total. The van der Waals surface area contributed by atoms with Crippen LogP contribution in [0.15, 0.2) is 18.3 Å². The van der Waals surface area contributed by atoms with Gasteiger partial charge >= 0.3 is 0 Å². The van der Waals surface area contributed by atoms with E-state index in [1.165, 1.54) is 19.3 Å². The minimum atomic E-state index is -0.0250. The number of rotatable bonds is 3. The molecule has 1 aromatic heterocycles. The lowest BCUT2D eigenvalue weighted by atomic mass is 9.70. The summed E-state index contributed by atoms with van der Waals surface area (Å²) in [6, 6.07) is 3.96. The zero-order chi connectivity index (χ0) is 14.5. The Bertz CT molecular complexity index is 494. The van der Waals surface area contributed by atoms with Gasteiger partial charge in [0.25, 0.3) is 0 Å². The number of ether oxygens (including phenoxy) is 1. The molecule has 3 rings (SSSR count). The average Bonchev–Trinajstić information content (AvgIpc) is 2.72. The van der Waals surface area contributed by atoms with Crippen molar-refractivity contribution in [2.45, 2.75) is 59.1 Å². The van der Waals surface area contributed by atoms with Crippen molar-refractivity contribution in [3.63, 3.8) is 0 Å². The second-order valence-corrected chi connectivity index (χ2v) is 7.42. The molecule has 2 fully saturated rings. The molecule has 0 aliphatic heterocycles. The quantitative estimate of drug-likeness (QED) is 0.914. The molecule has 0 saturated heterocycles. The molecular formula is C17H26N2O. The van der Waals surface area contributed by atoms with E-state index in [0.29, 0.717) is 11.5 Å². The highest BCUT2D eigenvalue weighted by Crippen LogP contribution is 2.66. The third-order valence-electron chi connectivity index (χ3n) is 6.22. The van der Waals surface area contributed by atoms with Crippen LogP contribution < -0.4 is 10.5 Å². The van der Waals surface area contributed by atoms with Gasteiger partial charge in [-0.25, -0.2) is 0 Å². The molecule has 1 aromatic rings. The first-order valence-electron chi connectivity index (χ1n) is 7.73. The fourth-order valence-electron chi connectivity index (χ4n) is 4.20. The van der Waals surface area contributed by atoms with Gasteiger partial charge in [-0.1, -0.05) is 20.8 Å². The first-order chi connectivity index (χ1) is 9.34. The van der Waals surface area contributed by atoms with Crippen molar-refractivity contribution >= 4 is 0 Å². The predicted octanol–water partition coefficient (Wildman–Crippen LogP) is 3.69. The van der Waals surface area contributed by atoms with E-state index >= 15 is 0 Å². The molecule has 110 valence electrons. The van der Waals surface area contributed by atoms with Crippen molar-refractivity contribution in [3.05, 3.63) is 24.0 Å². The number of nitrogens with two attached hydrogens (primary N) is 1. The maximum Gasteiger partial charge on any atom is 0.138 e. The molecular weight excluding hydrogens is 248 g/mol. The lowest BCUT2D eigenvalue weighted by Gasteiger charge is -2.38. The lowest BCUT2D eigenvalue weighted by Crippen LogP contribution is -2.38. The molecule has 3 nitrogen and oxygen atoms in total. The van der Waals surface area contributed by atoms with Crippen molar-refractivity contribution in [3.8, 4) is 5.75 Å². The normalized spacial score (nSPS) is 36.0. The van der Waals surface area contributed by atoms with Crippen molar-refractivity contribution < 1.29 is 4.74 Å². The molecule has 3 unspecified atom stereocenters. The van der Waals surface area contributed by atoms with E-state index in [-0.39, 0.29) is 11.5 Å². The third-order valence-corrected chi connectivity index (χ3v) is 6.22. The molecule has 1 heterocycles. The Labute approximate surface area is 121 Å². The van der Waals surface area contributed by atoms with Gasteiger partial charge in [0.1, 0.15) is 11.9 Å². The number of hydrogen-bond acceptors (Lipinski definition) is 3. The van der Waals surface area contributed by atoms with Crippen molar-refractivity contribution in [1.82, 2.24) is 4.98 Å². The average molecular weight is 274 g/mol. The minimum absolute atomic E-state index is 0.0250. The first-order valence-corrected chi connectivity index (χ1v) is 7.73. The van der Waals surface area contributed by atoms with Crippen LogP contribution in [0.4, 0.5) is 0 Å². The van der Waals surface area contributed by atoms with Crippen LogP contribution in [0, 0.1) is 16.7 Å². The molecule has 0 spiro atoms. The standard InChI is InChI=1S/C17H26N2O/c1-11(18)14-6-5-13(10-19-14)20-15-9-12-7-8-17(15,4)16(12,2)3/h5-6,10-12,15H,7-9,18H2,1-4H3/t11-,12?,15?,17?/m0/s1. The Kier molecular flexibility index (Phi) is 3.09. The van der Waals surface area contributed by atoms with Gasteiger partial charge in [-0.3, -0.25) is 4.98 Å². The van der Waals surface area contributed by atoms with Crippen LogP contribution in [0.2, 0.25) is 0 Å². The molecule has 2 aliphatic carbocycles. The lowest BCUT2D eigenvalue weighted by molar-refractivity contribution is 0.0299. The molecule has 3 heteroatoms. The predicted molar refractivity (Wildman–Crippen MR) is 80.5 cm³/mol. The molecule has 2 bridgehead atoms. The van der Waals surface area contributed by atoms with Crippen molar-refractivity contribution in [1.29, 1.82) is 0 Å². The number of aromatic nitrogens is 1. The largest absolute Gasteiger partial charge is 0.488 e. The Hall–Kier alpha value is -1.09. The van der Waals surface area contributed by atoms with Gasteiger partial charge in [-0.2, -0.15) is 0 Å². The second-order valence-electron chi connectivity index (χ2n) is 7.42. The van der Waals surface area contributed by atoms with Gasteiger partial charge in [0, 0.05) is 11.5 Å². The Morgan fingerprint density at radius 3 is 2.55 bits per heavy atom. The fourth-order valence-corrected chi connectivity index (χ4v) is 4.20. The Balaban J connectivity index is 1.76. The van der Waals surface area contributed by atoms with E-state index in [0.717, 1.165) is 17.4 Å². The van der Waals surface area contributed by atoms with Crippen LogP contribution in [0.1, 0.15) is 58.7 Å². The number of fused-ring (bicyclic) bond motifs is 2. The molecule has 0 aromatic carbocycles. The Morgan fingerprint density at radius 2 is 2.10 bits per heavy atom. The Morgan fingerprint density at radius 1 is 1.35 bits per heavy atom. The van der Waals surface area contributed by atoms with Crippen LogP contribution in [-0.4, -0.2) is 11.1 Å². The highest BCUT2D eigenvalue weighted by Gasteiger charge is 2.62. The van der Waals surface area contributed by atoms with Crippen molar-refractivity contribution in [2.75, 3.05) is 0 Å². The van der Waals surface area contributed by atoms with Crippen LogP contribution >= 0.6 is 0 Å². The smallest absolute Gasteiger partial charge is 0.138 e. The third kappa shape index (κ3) is 1.86. The van der Waals surface area contributed by atoms with Crippen LogP contribution in [0.5, 0.6) is 5.75 Å². The maximum atomic E-state index is 6.28. The van der Waals surface area contributed by atoms with Gasteiger partial charge in [-0.05, 0) is 49.7 Å². The zero-order valence-corrected chi connectivity index (χ0v) is 13.0. The van der Waals surface area contributed by atoms with Gasteiger partial charge < -0.3 is 10.5 Å². The van der Waals surface area contributed by atoms with Gasteiger partial charge in [0.2, 0.25) is 0 Å². The molecule has 0 radical (unpaired) electrons. The van der Waals surface area contributed by atoms with Gasteiger partial charge in [-0.15, -0.1) is 0 Å². The SMILES string of the molecule is C[C@H](N)c1ccc(OC2CC3CCC2(C)C3(C)C)cn1. The summed E-state index contributed by atoms with van der Waals surface area (Å²) in [5, 5.41) is 0. The molecule has 0 amide bonds. The first kappa shape index (κ1) is 13.9. The second kappa shape index (κ2) is 4.45. The summed E-state index contributed by atoms with van der Waals surface area (Å²) in [7, 11) is 0. The van der Waals surface area contributed by atoms with E-state index in [2.05, 4.69) is 25.8 Å². The fraction of sp³-hybridized carbons (Fsp3) is 0.706. The topological polar surface area (TPSA) is 48.1 Å². The number of pyridine rings is 1. The number of nitrogens with zero attached hydrogens (tertiary/aromatic N) is 1. The van der Waals surface area contributed by atoms with E-state index in [1.54, 1.807) is 0 Å². The summed E-state index contributed by atoms with van der Waals surface area (Å²) in [4.78, 5) is 4.39. The van der Waals surface area contributed by atoms with Gasteiger partial charge in [0.15, 0.2) is 0 Å². The van der Waals surface area contributed by atoms with Gasteiger partial charge in [0.05, 0.1) is 11.9 Å². The summed E-state index contributed by atoms with van der Waals surface area (Å²) in [6.45, 7) is 9.16. The molecule has 2 saturated carbocycles. The summed E-state index contributed by atoms with van der Waals surface area (Å²) in [5.41, 5.74) is 7.42. The van der Waals surface area contributed by atoms with E-state index in [9.17, 15) is 0 Å². The van der Waals surface area contributed by atoms with E-state index < -0.39 is 0 Å². The zero-order valence-electron chi connectivity index (χ0n) is 13.0. The van der Waals surface area contributed by atoms with E-state index in [4.69, 9.17) is 10.5 Å². The monoisotopic (exact) mass is 274 g/mol. The van der Waals surface area contributed by atoms with Crippen molar-refractivity contribution in [2.24, 2.45) is 22.5 Å². The highest BCUT2D eigenvalue weighted by atomic mass is 16.5. The molecule has 2 aliphatic rings. The summed E-state index contributed by atoms with van der Waals surface area (Å²) < 4.78 is 6.28. The van der Waals surface area contributed by atoms with E-state index in [1.807, 2.05) is 25.3 Å². The van der Waals surface area contributed by atoms with Crippen LogP contribution in [-0.2, 0) is 0 Å². The van der Waals surface area contributed by atoms with Crippen LogP contribution in [0.3, 0.4) is 0 Å². The maximum absolute atomic E-state index is 6.28. The summed E-state index contributed by atoms with van der Waals surface area (Å²) >= 11 is 0. The molecule has 20 heavy (non-hydrogen) atoms. The van der Waals surface area contributed by atoms with Crippen LogP contribution in [0.25, 0.3) is 0 Å². The summed E-state index contributed by atoms with van der Waals surface area (Å²) in [6.07, 6.45) is 5.95. The minimum Gasteiger partial charge on any atom is -0.488 e.